The van der Waals surface area contributed by atoms with Gasteiger partial charge in [0.25, 0.3) is 0 Å². The van der Waals surface area contributed by atoms with Crippen molar-refractivity contribution < 1.29 is 19.4 Å². The minimum Gasteiger partial charge on any atom is -0.468 e. The van der Waals surface area contributed by atoms with Crippen LogP contribution in [-0.2, 0) is 14.3 Å². The molecule has 0 bridgehead atoms. The van der Waals surface area contributed by atoms with Crippen LogP contribution in [0.5, 0.6) is 0 Å². The van der Waals surface area contributed by atoms with Crippen LogP contribution in [-0.4, -0.2) is 41.6 Å². The summed E-state index contributed by atoms with van der Waals surface area (Å²) < 4.78 is 4.52. The van der Waals surface area contributed by atoms with Gasteiger partial charge in [-0.25, -0.2) is 0 Å². The van der Waals surface area contributed by atoms with Gasteiger partial charge in [-0.15, -0.1) is 0 Å². The minimum absolute atomic E-state index is 0.0692. The molecule has 0 spiro atoms. The third kappa shape index (κ3) is 5.37. The van der Waals surface area contributed by atoms with Gasteiger partial charge in [0.2, 0.25) is 0 Å². The number of carbonyl (C=O) groups excluding carboxylic acids is 2. The number of esters is 1. The molecule has 17 heavy (non-hydrogen) atoms. The highest BCUT2D eigenvalue weighted by atomic mass is 32.2. The topological polar surface area (TPSA) is 63.6 Å². The zero-order valence-corrected chi connectivity index (χ0v) is 10.8. The Kier molecular flexibility index (Phi) is 6.29. The lowest BCUT2D eigenvalue weighted by molar-refractivity contribution is -0.137. The predicted octanol–water partition coefficient (Wildman–Crippen LogP) is 1.32. The molecule has 0 heterocycles. The average Bonchev–Trinajstić information content (AvgIpc) is 2.62. The van der Waals surface area contributed by atoms with Gasteiger partial charge in [-0.3, -0.25) is 9.59 Å². The summed E-state index contributed by atoms with van der Waals surface area (Å²) in [6.45, 7) is 0. The van der Waals surface area contributed by atoms with Crippen LogP contribution in [0.1, 0.15) is 25.7 Å². The number of hydrogen-bond donors (Lipinski definition) is 1. The molecule has 0 aliphatic heterocycles. The number of carbonyl (C=O) groups is 2. The van der Waals surface area contributed by atoms with Crippen LogP contribution in [0, 0.1) is 0 Å². The first kappa shape index (κ1) is 14.3. The van der Waals surface area contributed by atoms with Gasteiger partial charge in [-0.05, 0) is 36.7 Å². The van der Waals surface area contributed by atoms with Gasteiger partial charge < -0.3 is 9.84 Å². The number of rotatable bonds is 7. The van der Waals surface area contributed by atoms with E-state index in [9.17, 15) is 14.7 Å². The highest BCUT2D eigenvalue weighted by Crippen LogP contribution is 2.20. The lowest BCUT2D eigenvalue weighted by Gasteiger charge is -2.01. The van der Waals surface area contributed by atoms with Crippen molar-refractivity contribution >= 4 is 23.5 Å². The van der Waals surface area contributed by atoms with Crippen molar-refractivity contribution in [3.63, 3.8) is 0 Å². The molecule has 0 fully saturated rings. The zero-order chi connectivity index (χ0) is 12.7. The quantitative estimate of drug-likeness (QED) is 0.551. The first-order chi connectivity index (χ1) is 8.13. The maximum atomic E-state index is 11.3. The van der Waals surface area contributed by atoms with Gasteiger partial charge in [0.1, 0.15) is 0 Å². The third-order valence-corrected chi connectivity index (χ3v) is 3.60. The summed E-state index contributed by atoms with van der Waals surface area (Å²) in [5.41, 5.74) is 0.760. The van der Waals surface area contributed by atoms with Crippen LogP contribution in [0.3, 0.4) is 0 Å². The Morgan fingerprint density at radius 2 is 2.35 bits per heavy atom. The SMILES string of the molecule is COC(=O)CSCCCCC1=C[C@H](O)CC1=O. The monoisotopic (exact) mass is 258 g/mol. The number of aliphatic hydroxyl groups excluding tert-OH is 1. The normalized spacial score (nSPS) is 19.3. The van der Waals surface area contributed by atoms with Crippen LogP contribution >= 0.6 is 11.8 Å². The summed E-state index contributed by atoms with van der Waals surface area (Å²) in [6.07, 6.45) is 3.93. The van der Waals surface area contributed by atoms with Crippen molar-refractivity contribution in [2.45, 2.75) is 31.8 Å². The summed E-state index contributed by atoms with van der Waals surface area (Å²) in [4.78, 5) is 22.1. The Morgan fingerprint density at radius 3 is 2.94 bits per heavy atom. The fraction of sp³-hybridized carbons (Fsp3) is 0.667. The Bertz CT molecular complexity index is 312. The summed E-state index contributed by atoms with van der Waals surface area (Å²) in [7, 11) is 1.38. The molecule has 0 amide bonds. The van der Waals surface area contributed by atoms with Crippen molar-refractivity contribution in [3.8, 4) is 0 Å². The van der Waals surface area contributed by atoms with Gasteiger partial charge in [0.05, 0.1) is 19.0 Å². The maximum absolute atomic E-state index is 11.3. The van der Waals surface area contributed by atoms with E-state index in [-0.39, 0.29) is 18.2 Å². The Balaban J connectivity index is 2.03. The summed E-state index contributed by atoms with van der Waals surface area (Å²) in [5, 5.41) is 9.25. The zero-order valence-electron chi connectivity index (χ0n) is 9.98. The molecule has 1 rings (SSSR count). The number of allylic oxidation sites excluding steroid dienone is 1. The lowest BCUT2D eigenvalue weighted by atomic mass is 10.1. The number of Topliss-reactive ketones (excluding diaryl/α,β-unsaturated/α-hetero) is 1. The molecule has 0 saturated heterocycles. The van der Waals surface area contributed by atoms with Gasteiger partial charge >= 0.3 is 5.97 Å². The smallest absolute Gasteiger partial charge is 0.315 e. The molecule has 0 aromatic heterocycles. The molecular formula is C12H18O4S. The molecule has 1 N–H and O–H groups in total. The molecule has 5 heteroatoms. The molecule has 0 aromatic carbocycles. The van der Waals surface area contributed by atoms with E-state index in [4.69, 9.17) is 0 Å². The molecule has 1 aliphatic carbocycles. The standard InChI is InChI=1S/C12H18O4S/c1-16-12(15)8-17-5-3-2-4-9-6-10(13)7-11(9)14/h6,10,13H,2-5,7-8H2,1H3/t10-/m0/s1. The van der Waals surface area contributed by atoms with Crippen molar-refractivity contribution in [2.75, 3.05) is 18.6 Å². The minimum atomic E-state index is -0.578. The molecule has 1 aliphatic rings. The van der Waals surface area contributed by atoms with E-state index in [2.05, 4.69) is 4.74 Å². The highest BCUT2D eigenvalue weighted by Gasteiger charge is 2.21. The van der Waals surface area contributed by atoms with Crippen LogP contribution in [0.15, 0.2) is 11.6 Å². The third-order valence-electron chi connectivity index (χ3n) is 2.58. The molecule has 1 atom stereocenters. The molecule has 96 valence electrons. The van der Waals surface area contributed by atoms with E-state index in [1.54, 1.807) is 17.8 Å². The van der Waals surface area contributed by atoms with Crippen molar-refractivity contribution in [1.29, 1.82) is 0 Å². The second-order valence-electron chi connectivity index (χ2n) is 3.97. The first-order valence-electron chi connectivity index (χ1n) is 5.70. The first-order valence-corrected chi connectivity index (χ1v) is 6.85. The Morgan fingerprint density at radius 1 is 1.59 bits per heavy atom. The molecule has 0 saturated carbocycles. The van der Waals surface area contributed by atoms with Crippen molar-refractivity contribution in [1.82, 2.24) is 0 Å². The number of ether oxygens (including phenoxy) is 1. The summed E-state index contributed by atoms with van der Waals surface area (Å²) >= 11 is 1.54. The number of ketones is 1. The van der Waals surface area contributed by atoms with E-state index >= 15 is 0 Å². The maximum Gasteiger partial charge on any atom is 0.315 e. The van der Waals surface area contributed by atoms with Crippen LogP contribution in [0.25, 0.3) is 0 Å². The Labute approximate surface area is 105 Å². The summed E-state index contributed by atoms with van der Waals surface area (Å²) in [5.74, 6) is 1.14. The highest BCUT2D eigenvalue weighted by molar-refractivity contribution is 7.99. The molecule has 0 radical (unpaired) electrons. The van der Waals surface area contributed by atoms with Gasteiger partial charge in [0, 0.05) is 6.42 Å². The van der Waals surface area contributed by atoms with Gasteiger partial charge in [-0.2, -0.15) is 11.8 Å². The van der Waals surface area contributed by atoms with E-state index in [1.165, 1.54) is 7.11 Å². The van der Waals surface area contributed by atoms with Crippen LogP contribution in [0.2, 0.25) is 0 Å². The number of hydrogen-bond acceptors (Lipinski definition) is 5. The second-order valence-corrected chi connectivity index (χ2v) is 5.08. The number of thioether (sulfide) groups is 1. The molecule has 0 aromatic rings. The lowest BCUT2D eigenvalue weighted by Crippen LogP contribution is -2.03. The molecule has 0 unspecified atom stereocenters. The van der Waals surface area contributed by atoms with E-state index < -0.39 is 6.10 Å². The van der Waals surface area contributed by atoms with E-state index in [0.29, 0.717) is 5.75 Å². The van der Waals surface area contributed by atoms with E-state index in [0.717, 1.165) is 30.6 Å². The fourth-order valence-corrected chi connectivity index (χ4v) is 2.50. The largest absolute Gasteiger partial charge is 0.468 e. The predicted molar refractivity (Wildman–Crippen MR) is 66.9 cm³/mol. The average molecular weight is 258 g/mol. The molecular weight excluding hydrogens is 240 g/mol. The second kappa shape index (κ2) is 7.50. The van der Waals surface area contributed by atoms with Crippen molar-refractivity contribution in [2.24, 2.45) is 0 Å². The summed E-state index contributed by atoms with van der Waals surface area (Å²) in [6, 6.07) is 0. The van der Waals surface area contributed by atoms with Crippen LogP contribution in [0.4, 0.5) is 0 Å². The van der Waals surface area contributed by atoms with Gasteiger partial charge in [0.15, 0.2) is 5.78 Å². The van der Waals surface area contributed by atoms with Crippen LogP contribution < -0.4 is 0 Å². The van der Waals surface area contributed by atoms with E-state index in [1.807, 2.05) is 0 Å². The van der Waals surface area contributed by atoms with Gasteiger partial charge in [-0.1, -0.05) is 0 Å². The molecule has 4 nitrogen and oxygen atoms in total. The number of methoxy groups -OCH3 is 1. The Hall–Kier alpha value is -0.810. The number of unbranched alkanes of at least 4 members (excludes halogenated alkanes) is 1. The fourth-order valence-electron chi connectivity index (χ4n) is 1.66. The number of aliphatic hydroxyl groups is 1. The van der Waals surface area contributed by atoms with Crippen molar-refractivity contribution in [3.05, 3.63) is 11.6 Å².